The van der Waals surface area contributed by atoms with Crippen LogP contribution in [0.4, 0.5) is 5.69 Å². The molecule has 33 heavy (non-hydrogen) atoms. The van der Waals surface area contributed by atoms with Gasteiger partial charge in [0.2, 0.25) is 0 Å². The van der Waals surface area contributed by atoms with Crippen LogP contribution >= 0.6 is 15.9 Å². The second-order valence-corrected chi connectivity index (χ2v) is 9.28. The molecule has 0 bridgehead atoms. The summed E-state index contributed by atoms with van der Waals surface area (Å²) in [4.78, 5) is 12.9. The molecule has 2 heterocycles. The Kier molecular flexibility index (Phi) is 6.51. The molecule has 170 valence electrons. The molecule has 0 unspecified atom stereocenters. The number of amides is 1. The first-order valence-electron chi connectivity index (χ1n) is 10.9. The summed E-state index contributed by atoms with van der Waals surface area (Å²) in [5.41, 5.74) is 8.67. The molecular formula is C26H28BrN5O. The predicted molar refractivity (Wildman–Crippen MR) is 135 cm³/mol. The van der Waals surface area contributed by atoms with Gasteiger partial charge in [-0.15, -0.1) is 0 Å². The van der Waals surface area contributed by atoms with Crippen molar-refractivity contribution in [3.05, 3.63) is 98.0 Å². The van der Waals surface area contributed by atoms with Crippen LogP contribution in [0.2, 0.25) is 0 Å². The third kappa shape index (κ3) is 4.93. The first kappa shape index (κ1) is 23.0. The SMILES string of the molecule is Cc1ccc(Cn2nc(C)c(NC(=O)c3ccc(Cn4nc(C)c(Br)c4C)cc3)c2C)cc1. The molecule has 0 saturated carbocycles. The fourth-order valence-electron chi connectivity index (χ4n) is 3.85. The van der Waals surface area contributed by atoms with Crippen molar-refractivity contribution in [2.75, 3.05) is 5.32 Å². The largest absolute Gasteiger partial charge is 0.319 e. The molecule has 6 nitrogen and oxygen atoms in total. The van der Waals surface area contributed by atoms with Crippen LogP contribution in [0.15, 0.2) is 53.0 Å². The number of halogens is 1. The van der Waals surface area contributed by atoms with Gasteiger partial charge in [0.05, 0.1) is 46.0 Å². The lowest BCUT2D eigenvalue weighted by Crippen LogP contribution is -2.13. The van der Waals surface area contributed by atoms with Crippen molar-refractivity contribution < 1.29 is 4.79 Å². The number of aromatic nitrogens is 4. The van der Waals surface area contributed by atoms with Crippen LogP contribution in [-0.2, 0) is 13.1 Å². The topological polar surface area (TPSA) is 64.7 Å². The van der Waals surface area contributed by atoms with E-state index in [4.69, 9.17) is 0 Å². The summed E-state index contributed by atoms with van der Waals surface area (Å²) in [5.74, 6) is -0.142. The average molecular weight is 506 g/mol. The highest BCUT2D eigenvalue weighted by Gasteiger charge is 2.16. The van der Waals surface area contributed by atoms with Gasteiger partial charge in [-0.1, -0.05) is 42.0 Å². The molecule has 0 saturated heterocycles. The molecule has 2 aromatic heterocycles. The van der Waals surface area contributed by atoms with Gasteiger partial charge >= 0.3 is 0 Å². The van der Waals surface area contributed by atoms with Gasteiger partial charge in [0.15, 0.2) is 0 Å². The van der Waals surface area contributed by atoms with Crippen LogP contribution in [0, 0.1) is 34.6 Å². The van der Waals surface area contributed by atoms with Crippen molar-refractivity contribution in [3.8, 4) is 0 Å². The van der Waals surface area contributed by atoms with E-state index in [1.54, 1.807) is 0 Å². The van der Waals surface area contributed by atoms with E-state index in [-0.39, 0.29) is 5.91 Å². The van der Waals surface area contributed by atoms with Gasteiger partial charge in [-0.05, 0) is 73.8 Å². The number of carbonyl (C=O) groups is 1. The van der Waals surface area contributed by atoms with Gasteiger partial charge in [0.25, 0.3) is 5.91 Å². The Morgan fingerprint density at radius 1 is 0.788 bits per heavy atom. The zero-order valence-electron chi connectivity index (χ0n) is 19.6. The second-order valence-electron chi connectivity index (χ2n) is 8.48. The summed E-state index contributed by atoms with van der Waals surface area (Å²) < 4.78 is 4.93. The highest BCUT2D eigenvalue weighted by molar-refractivity contribution is 9.10. The van der Waals surface area contributed by atoms with Gasteiger partial charge < -0.3 is 5.32 Å². The highest BCUT2D eigenvalue weighted by atomic mass is 79.9. The molecule has 0 fully saturated rings. The van der Waals surface area contributed by atoms with Crippen LogP contribution in [-0.4, -0.2) is 25.5 Å². The molecule has 4 aromatic rings. The maximum absolute atomic E-state index is 12.9. The Hall–Kier alpha value is -3.19. The van der Waals surface area contributed by atoms with Crippen molar-refractivity contribution in [1.29, 1.82) is 0 Å². The molecule has 1 N–H and O–H groups in total. The molecule has 1 amide bonds. The molecule has 0 aliphatic carbocycles. The number of anilines is 1. The van der Waals surface area contributed by atoms with Gasteiger partial charge in [0, 0.05) is 5.56 Å². The standard InChI is InChI=1S/C26H28BrN5O/c1-16-6-8-21(9-7-16)15-32-20(5)25(18(3)30-32)28-26(33)23-12-10-22(11-13-23)14-31-19(4)24(27)17(2)29-31/h6-13H,14-15H2,1-5H3,(H,28,33). The Balaban J connectivity index is 1.46. The Labute approximate surface area is 202 Å². The first-order chi connectivity index (χ1) is 15.7. The summed E-state index contributed by atoms with van der Waals surface area (Å²) >= 11 is 3.57. The molecule has 2 aromatic carbocycles. The molecule has 0 atom stereocenters. The number of rotatable bonds is 6. The van der Waals surface area contributed by atoms with Crippen molar-refractivity contribution >= 4 is 27.5 Å². The molecule has 0 aliphatic rings. The number of nitrogens with zero attached hydrogens (tertiary/aromatic N) is 4. The van der Waals surface area contributed by atoms with Crippen LogP contribution in [0.5, 0.6) is 0 Å². The minimum absolute atomic E-state index is 0.142. The quantitative estimate of drug-likeness (QED) is 0.363. The van der Waals surface area contributed by atoms with Crippen LogP contribution in [0.25, 0.3) is 0 Å². The number of benzene rings is 2. The second kappa shape index (κ2) is 9.35. The third-order valence-electron chi connectivity index (χ3n) is 5.91. The number of nitrogens with one attached hydrogen (secondary N) is 1. The van der Waals surface area contributed by atoms with Crippen LogP contribution < -0.4 is 5.32 Å². The Morgan fingerprint density at radius 2 is 1.30 bits per heavy atom. The summed E-state index contributed by atoms with van der Waals surface area (Å²) in [6.45, 7) is 11.3. The molecular weight excluding hydrogens is 478 g/mol. The third-order valence-corrected chi connectivity index (χ3v) is 7.06. The van der Waals surface area contributed by atoms with Gasteiger partial charge in [0.1, 0.15) is 0 Å². The fourth-order valence-corrected chi connectivity index (χ4v) is 4.13. The van der Waals surface area contributed by atoms with Crippen molar-refractivity contribution in [2.45, 2.75) is 47.7 Å². The average Bonchev–Trinajstić information content (AvgIpc) is 3.19. The van der Waals surface area contributed by atoms with E-state index >= 15 is 0 Å². The zero-order chi connectivity index (χ0) is 23.7. The van der Waals surface area contributed by atoms with Gasteiger partial charge in [-0.2, -0.15) is 10.2 Å². The molecule has 0 spiro atoms. The number of hydrogen-bond donors (Lipinski definition) is 1. The molecule has 0 radical (unpaired) electrons. The van der Waals surface area contributed by atoms with E-state index in [9.17, 15) is 4.79 Å². The smallest absolute Gasteiger partial charge is 0.255 e. The van der Waals surface area contributed by atoms with Crippen LogP contribution in [0.3, 0.4) is 0 Å². The Morgan fingerprint density at radius 3 is 1.85 bits per heavy atom. The molecule has 4 rings (SSSR count). The van der Waals surface area contributed by atoms with E-state index in [2.05, 4.69) is 62.6 Å². The summed E-state index contributed by atoms with van der Waals surface area (Å²) in [6.07, 6.45) is 0. The predicted octanol–water partition coefficient (Wildman–Crippen LogP) is 5.73. The zero-order valence-corrected chi connectivity index (χ0v) is 21.2. The molecule has 0 aliphatic heterocycles. The minimum Gasteiger partial charge on any atom is -0.319 e. The lowest BCUT2D eigenvalue weighted by Gasteiger charge is -2.09. The maximum atomic E-state index is 12.9. The summed E-state index contributed by atoms with van der Waals surface area (Å²) in [7, 11) is 0. The maximum Gasteiger partial charge on any atom is 0.255 e. The number of hydrogen-bond acceptors (Lipinski definition) is 3. The van der Waals surface area contributed by atoms with E-state index < -0.39 is 0 Å². The summed E-state index contributed by atoms with van der Waals surface area (Å²) in [6, 6.07) is 16.1. The van der Waals surface area contributed by atoms with Crippen LogP contribution in [0.1, 0.15) is 49.8 Å². The highest BCUT2D eigenvalue weighted by Crippen LogP contribution is 2.23. The first-order valence-corrected chi connectivity index (χ1v) is 11.7. The lowest BCUT2D eigenvalue weighted by molar-refractivity contribution is 0.102. The van der Waals surface area contributed by atoms with Crippen molar-refractivity contribution in [1.82, 2.24) is 19.6 Å². The lowest BCUT2D eigenvalue weighted by atomic mass is 10.1. The van der Waals surface area contributed by atoms with E-state index in [1.807, 2.05) is 61.3 Å². The van der Waals surface area contributed by atoms with E-state index in [0.717, 1.165) is 38.5 Å². The summed E-state index contributed by atoms with van der Waals surface area (Å²) in [5, 5.41) is 12.2. The number of carbonyl (C=O) groups excluding carboxylic acids is 1. The number of aryl methyl sites for hydroxylation is 3. The van der Waals surface area contributed by atoms with Gasteiger partial charge in [-0.3, -0.25) is 14.2 Å². The monoisotopic (exact) mass is 505 g/mol. The van der Waals surface area contributed by atoms with Crippen molar-refractivity contribution in [2.24, 2.45) is 0 Å². The van der Waals surface area contributed by atoms with Gasteiger partial charge in [-0.25, -0.2) is 0 Å². The molecule has 7 heteroatoms. The Bertz CT molecular complexity index is 1300. The van der Waals surface area contributed by atoms with Crippen molar-refractivity contribution in [3.63, 3.8) is 0 Å². The van der Waals surface area contributed by atoms with E-state index in [1.165, 1.54) is 11.1 Å². The van der Waals surface area contributed by atoms with E-state index in [0.29, 0.717) is 18.7 Å². The fraction of sp³-hybridized carbons (Fsp3) is 0.269. The minimum atomic E-state index is -0.142. The normalized spacial score (nSPS) is 11.1.